The third kappa shape index (κ3) is 2.44. The Hall–Kier alpha value is -0.560. The largest absolute Gasteiger partial charge is 0.268 e. The van der Waals surface area contributed by atoms with Crippen LogP contribution in [0.1, 0.15) is 12.7 Å². The van der Waals surface area contributed by atoms with Crippen LogP contribution in [0.25, 0.3) is 0 Å². The third-order valence-electron chi connectivity index (χ3n) is 1.49. The van der Waals surface area contributed by atoms with Crippen molar-refractivity contribution >= 4 is 27.9 Å². The minimum absolute atomic E-state index is 0.456. The second-order valence-electron chi connectivity index (χ2n) is 2.67. The molecule has 1 N–H and O–H groups in total. The molecule has 7 heteroatoms. The maximum Gasteiger partial charge on any atom is 0.184 e. The maximum absolute atomic E-state index is 4.44. The molecule has 5 nitrogen and oxygen atoms in total. The molecule has 2 heterocycles. The number of thioether (sulfide) groups is 2. The quantitative estimate of drug-likeness (QED) is 0.794. The summed E-state index contributed by atoms with van der Waals surface area (Å²) in [5.74, 6) is 2.57. The number of aromatic amines is 1. The average molecular weight is 215 g/mol. The monoisotopic (exact) mass is 215 g/mol. The van der Waals surface area contributed by atoms with Crippen molar-refractivity contribution in [2.45, 2.75) is 18.7 Å². The van der Waals surface area contributed by atoms with Crippen molar-refractivity contribution in [2.24, 2.45) is 4.99 Å². The molecule has 1 aromatic rings. The Kier molecular flexibility index (Phi) is 2.84. The van der Waals surface area contributed by atoms with E-state index in [1.54, 1.807) is 23.5 Å². The Balaban J connectivity index is 1.83. The molecule has 2 rings (SSSR count). The molecule has 70 valence electrons. The van der Waals surface area contributed by atoms with Gasteiger partial charge in [0, 0.05) is 5.75 Å². The van der Waals surface area contributed by atoms with Crippen LogP contribution in [0, 0.1) is 0 Å². The van der Waals surface area contributed by atoms with Gasteiger partial charge < -0.3 is 0 Å². The standard InChI is InChI=1S/C6H9N5S2/c1-4-2-12-6(7-4)13-3-5-8-10-11-9-5/h4H,2-3H2,1H3,(H,8,9,10,11). The first kappa shape index (κ1) is 9.01. The van der Waals surface area contributed by atoms with E-state index < -0.39 is 0 Å². The van der Waals surface area contributed by atoms with E-state index in [-0.39, 0.29) is 0 Å². The van der Waals surface area contributed by atoms with Gasteiger partial charge in [-0.1, -0.05) is 28.7 Å². The van der Waals surface area contributed by atoms with Crippen LogP contribution in [0.2, 0.25) is 0 Å². The molecule has 0 saturated carbocycles. The van der Waals surface area contributed by atoms with Crippen LogP contribution >= 0.6 is 23.5 Å². The van der Waals surface area contributed by atoms with Crippen molar-refractivity contribution in [1.29, 1.82) is 0 Å². The van der Waals surface area contributed by atoms with E-state index in [1.165, 1.54) is 0 Å². The summed E-state index contributed by atoms with van der Waals surface area (Å²) in [7, 11) is 0. The van der Waals surface area contributed by atoms with E-state index in [4.69, 9.17) is 0 Å². The van der Waals surface area contributed by atoms with Crippen molar-refractivity contribution in [3.05, 3.63) is 5.82 Å². The molecule has 1 aliphatic rings. The number of tetrazole rings is 1. The highest BCUT2D eigenvalue weighted by molar-refractivity contribution is 8.38. The first-order valence-electron chi connectivity index (χ1n) is 3.90. The third-order valence-corrected chi connectivity index (χ3v) is 3.95. The number of nitrogens with one attached hydrogen (secondary N) is 1. The van der Waals surface area contributed by atoms with Gasteiger partial charge in [-0.05, 0) is 6.92 Å². The summed E-state index contributed by atoms with van der Waals surface area (Å²) < 4.78 is 1.14. The first-order valence-corrected chi connectivity index (χ1v) is 5.87. The molecule has 0 bridgehead atoms. The first-order chi connectivity index (χ1) is 6.34. The van der Waals surface area contributed by atoms with E-state index >= 15 is 0 Å². The molecular formula is C6H9N5S2. The summed E-state index contributed by atoms with van der Waals surface area (Å²) in [6, 6.07) is 0.456. The van der Waals surface area contributed by atoms with Crippen LogP contribution in [-0.2, 0) is 5.75 Å². The molecule has 0 radical (unpaired) electrons. The van der Waals surface area contributed by atoms with Crippen molar-refractivity contribution < 1.29 is 0 Å². The molecule has 0 aromatic carbocycles. The zero-order valence-corrected chi connectivity index (χ0v) is 8.73. The normalized spacial score (nSPS) is 21.9. The van der Waals surface area contributed by atoms with E-state index in [0.29, 0.717) is 6.04 Å². The molecule has 0 fully saturated rings. The average Bonchev–Trinajstić information content (AvgIpc) is 2.71. The summed E-state index contributed by atoms with van der Waals surface area (Å²) >= 11 is 3.47. The lowest BCUT2D eigenvalue weighted by Gasteiger charge is -1.93. The highest BCUT2D eigenvalue weighted by Gasteiger charge is 2.14. The van der Waals surface area contributed by atoms with Crippen LogP contribution < -0.4 is 0 Å². The lowest BCUT2D eigenvalue weighted by molar-refractivity contribution is 0.867. The molecule has 1 atom stereocenters. The Morgan fingerprint density at radius 3 is 3.23 bits per heavy atom. The summed E-state index contributed by atoms with van der Waals surface area (Å²) in [4.78, 5) is 4.44. The van der Waals surface area contributed by atoms with Crippen LogP contribution in [0.3, 0.4) is 0 Å². The molecule has 1 unspecified atom stereocenters. The molecule has 0 saturated heterocycles. The zero-order valence-electron chi connectivity index (χ0n) is 7.10. The number of rotatable bonds is 2. The van der Waals surface area contributed by atoms with Gasteiger partial charge in [0.05, 0.1) is 11.8 Å². The fraction of sp³-hybridized carbons (Fsp3) is 0.667. The highest BCUT2D eigenvalue weighted by atomic mass is 32.2. The lowest BCUT2D eigenvalue weighted by atomic mass is 10.4. The Morgan fingerprint density at radius 1 is 1.69 bits per heavy atom. The molecule has 1 aromatic heterocycles. The Labute approximate surface area is 84.2 Å². The number of aromatic nitrogens is 4. The van der Waals surface area contributed by atoms with Gasteiger partial charge in [-0.25, -0.2) is 0 Å². The van der Waals surface area contributed by atoms with Crippen molar-refractivity contribution in [1.82, 2.24) is 20.6 Å². The minimum Gasteiger partial charge on any atom is -0.268 e. The van der Waals surface area contributed by atoms with E-state index in [1.807, 2.05) is 0 Å². The molecule has 0 aliphatic carbocycles. The van der Waals surface area contributed by atoms with E-state index in [9.17, 15) is 0 Å². The summed E-state index contributed by atoms with van der Waals surface area (Å²) in [6.45, 7) is 2.12. The van der Waals surface area contributed by atoms with Gasteiger partial charge in [0.2, 0.25) is 0 Å². The fourth-order valence-electron chi connectivity index (χ4n) is 0.895. The number of hydrogen-bond donors (Lipinski definition) is 1. The molecule has 13 heavy (non-hydrogen) atoms. The van der Waals surface area contributed by atoms with Gasteiger partial charge in [0.15, 0.2) is 5.82 Å². The number of H-pyrrole nitrogens is 1. The fourth-order valence-corrected chi connectivity index (χ4v) is 2.95. The number of aliphatic imine (C=N–C) groups is 1. The van der Waals surface area contributed by atoms with Gasteiger partial charge in [-0.2, -0.15) is 5.21 Å². The lowest BCUT2D eigenvalue weighted by Crippen LogP contribution is -1.92. The van der Waals surface area contributed by atoms with Crippen LogP contribution in [0.15, 0.2) is 4.99 Å². The molecule has 1 aliphatic heterocycles. The maximum atomic E-state index is 4.44. The van der Waals surface area contributed by atoms with Crippen molar-refractivity contribution in [2.75, 3.05) is 5.75 Å². The smallest absolute Gasteiger partial charge is 0.184 e. The number of hydrogen-bond acceptors (Lipinski definition) is 6. The molecular weight excluding hydrogens is 206 g/mol. The van der Waals surface area contributed by atoms with Gasteiger partial charge >= 0.3 is 0 Å². The topological polar surface area (TPSA) is 66.8 Å². The van der Waals surface area contributed by atoms with E-state index in [0.717, 1.165) is 21.7 Å². The van der Waals surface area contributed by atoms with Crippen molar-refractivity contribution in [3.63, 3.8) is 0 Å². The zero-order chi connectivity index (χ0) is 9.10. The van der Waals surface area contributed by atoms with Gasteiger partial charge in [-0.15, -0.1) is 10.2 Å². The van der Waals surface area contributed by atoms with Gasteiger partial charge in [0.25, 0.3) is 0 Å². The minimum atomic E-state index is 0.456. The summed E-state index contributed by atoms with van der Waals surface area (Å²) in [5.41, 5.74) is 0. The van der Waals surface area contributed by atoms with Crippen LogP contribution in [0.5, 0.6) is 0 Å². The van der Waals surface area contributed by atoms with Crippen molar-refractivity contribution in [3.8, 4) is 0 Å². The van der Waals surface area contributed by atoms with Crippen LogP contribution in [-0.4, -0.2) is 36.8 Å². The van der Waals surface area contributed by atoms with Gasteiger partial charge in [-0.3, -0.25) is 4.99 Å². The Bertz CT molecular complexity index is 296. The SMILES string of the molecule is CC1CSC(SCc2nn[nH]n2)=N1. The summed E-state index contributed by atoms with van der Waals surface area (Å²) in [6.07, 6.45) is 0. The second kappa shape index (κ2) is 4.10. The summed E-state index contributed by atoms with van der Waals surface area (Å²) in [5, 5.41) is 13.6. The molecule has 0 spiro atoms. The predicted molar refractivity (Wildman–Crippen MR) is 54.8 cm³/mol. The van der Waals surface area contributed by atoms with E-state index in [2.05, 4.69) is 32.5 Å². The second-order valence-corrected chi connectivity index (χ2v) is 4.90. The molecule has 0 amide bonds. The Morgan fingerprint density at radius 2 is 2.62 bits per heavy atom. The van der Waals surface area contributed by atoms with Crippen LogP contribution in [0.4, 0.5) is 0 Å². The number of nitrogens with zero attached hydrogens (tertiary/aromatic N) is 4. The predicted octanol–water partition coefficient (Wildman–Crippen LogP) is 0.924. The highest BCUT2D eigenvalue weighted by Crippen LogP contribution is 2.27. The van der Waals surface area contributed by atoms with Gasteiger partial charge in [0.1, 0.15) is 4.38 Å².